The second kappa shape index (κ2) is 6.56. The molecular weight excluding hydrogens is 340 g/mol. The first-order valence-corrected chi connectivity index (χ1v) is 8.50. The third kappa shape index (κ3) is 2.98. The topological polar surface area (TPSA) is 85.2 Å². The molecule has 0 bridgehead atoms. The van der Waals surface area contributed by atoms with Gasteiger partial charge in [-0.05, 0) is 31.9 Å². The number of fused-ring (bicyclic) bond motifs is 1. The number of nitrogens with two attached hydrogens (primary N) is 1. The average molecular weight is 359 g/mol. The number of imidazole rings is 1. The Morgan fingerprint density at radius 1 is 1.19 bits per heavy atom. The van der Waals surface area contributed by atoms with Crippen molar-refractivity contribution in [3.05, 3.63) is 36.4 Å². The molecule has 1 aliphatic rings. The predicted molar refractivity (Wildman–Crippen MR) is 93.0 cm³/mol. The van der Waals surface area contributed by atoms with E-state index in [1.165, 1.54) is 23.0 Å². The highest BCUT2D eigenvalue weighted by molar-refractivity contribution is 5.62. The summed E-state index contributed by atoms with van der Waals surface area (Å²) in [4.78, 5) is 15.0. The molecule has 0 aliphatic carbocycles. The van der Waals surface area contributed by atoms with Gasteiger partial charge < -0.3 is 10.6 Å². The van der Waals surface area contributed by atoms with Crippen molar-refractivity contribution in [2.24, 2.45) is 5.73 Å². The molecule has 3 aromatic rings. The van der Waals surface area contributed by atoms with E-state index >= 15 is 0 Å². The van der Waals surface area contributed by atoms with Crippen molar-refractivity contribution in [3.63, 3.8) is 0 Å². The molecule has 0 spiro atoms. The number of alkyl halides is 2. The molecule has 3 aromatic heterocycles. The normalized spacial score (nSPS) is 20.9. The molecule has 0 aromatic carbocycles. The second-order valence-electron chi connectivity index (χ2n) is 6.57. The minimum atomic E-state index is -2.65. The van der Waals surface area contributed by atoms with Crippen LogP contribution in [-0.2, 0) is 0 Å². The lowest BCUT2D eigenvalue weighted by molar-refractivity contribution is 0.144. The monoisotopic (exact) mass is 359 g/mol. The summed E-state index contributed by atoms with van der Waals surface area (Å²) in [7, 11) is 0. The van der Waals surface area contributed by atoms with Crippen molar-refractivity contribution in [1.82, 2.24) is 24.6 Å². The van der Waals surface area contributed by atoms with Crippen LogP contribution in [0.3, 0.4) is 0 Å². The van der Waals surface area contributed by atoms with E-state index in [2.05, 4.69) is 31.9 Å². The molecule has 1 aliphatic heterocycles. The van der Waals surface area contributed by atoms with Crippen molar-refractivity contribution in [3.8, 4) is 11.4 Å². The maximum absolute atomic E-state index is 13.0. The molecule has 0 saturated carbocycles. The summed E-state index contributed by atoms with van der Waals surface area (Å²) in [6.45, 7) is 2.86. The largest absolute Gasteiger partial charge is 0.352 e. The van der Waals surface area contributed by atoms with Gasteiger partial charge in [0, 0.05) is 24.7 Å². The predicted octanol–water partition coefficient (Wildman–Crippen LogP) is 2.44. The summed E-state index contributed by atoms with van der Waals surface area (Å²) in [5.74, 6) is 0.762. The van der Waals surface area contributed by atoms with Crippen LogP contribution in [0.25, 0.3) is 17.0 Å². The lowest BCUT2D eigenvalue weighted by atomic mass is 10.00. The minimum Gasteiger partial charge on any atom is -0.352 e. The lowest BCUT2D eigenvalue weighted by Gasteiger charge is -2.37. The highest BCUT2D eigenvalue weighted by Crippen LogP contribution is 2.26. The van der Waals surface area contributed by atoms with E-state index in [0.29, 0.717) is 23.1 Å². The van der Waals surface area contributed by atoms with Gasteiger partial charge in [-0.1, -0.05) is 0 Å². The van der Waals surface area contributed by atoms with E-state index in [1.807, 2.05) is 6.07 Å². The van der Waals surface area contributed by atoms with Crippen LogP contribution in [0.2, 0.25) is 0 Å². The van der Waals surface area contributed by atoms with E-state index in [0.717, 1.165) is 25.2 Å². The van der Waals surface area contributed by atoms with Crippen LogP contribution in [0, 0.1) is 0 Å². The summed E-state index contributed by atoms with van der Waals surface area (Å²) in [5.41, 5.74) is 7.40. The first-order chi connectivity index (χ1) is 12.5. The molecule has 0 amide bonds. The highest BCUT2D eigenvalue weighted by Gasteiger charge is 2.25. The Bertz CT molecular complexity index is 926. The molecule has 2 unspecified atom stereocenters. The van der Waals surface area contributed by atoms with Gasteiger partial charge in [-0.25, -0.2) is 28.2 Å². The van der Waals surface area contributed by atoms with Gasteiger partial charge in [-0.15, -0.1) is 0 Å². The summed E-state index contributed by atoms with van der Waals surface area (Å²) in [6, 6.07) is 5.05. The van der Waals surface area contributed by atoms with Gasteiger partial charge >= 0.3 is 0 Å². The number of hydrogen-bond donors (Lipinski definition) is 1. The number of piperidine rings is 1. The molecule has 0 radical (unpaired) electrons. The van der Waals surface area contributed by atoms with E-state index in [1.54, 1.807) is 6.20 Å². The van der Waals surface area contributed by atoms with Gasteiger partial charge in [0.2, 0.25) is 0 Å². The third-order valence-corrected chi connectivity index (χ3v) is 4.73. The fourth-order valence-corrected chi connectivity index (χ4v) is 3.28. The van der Waals surface area contributed by atoms with Crippen molar-refractivity contribution >= 4 is 11.5 Å². The molecule has 2 atom stereocenters. The van der Waals surface area contributed by atoms with Crippen LogP contribution in [0.15, 0.2) is 30.7 Å². The van der Waals surface area contributed by atoms with Crippen LogP contribution < -0.4 is 10.6 Å². The van der Waals surface area contributed by atoms with Gasteiger partial charge in [0.1, 0.15) is 23.5 Å². The van der Waals surface area contributed by atoms with Gasteiger partial charge in [0.05, 0.1) is 11.9 Å². The van der Waals surface area contributed by atoms with Crippen LogP contribution >= 0.6 is 0 Å². The van der Waals surface area contributed by atoms with Crippen LogP contribution in [0.5, 0.6) is 0 Å². The molecule has 4 rings (SSSR count). The molecule has 26 heavy (non-hydrogen) atoms. The van der Waals surface area contributed by atoms with Crippen LogP contribution in [0.1, 0.15) is 31.9 Å². The molecule has 7 nitrogen and oxygen atoms in total. The smallest absolute Gasteiger partial charge is 0.282 e. The molecule has 136 valence electrons. The van der Waals surface area contributed by atoms with Gasteiger partial charge in [-0.2, -0.15) is 5.10 Å². The number of rotatable bonds is 3. The number of nitrogens with zero attached hydrogens (tertiary/aromatic N) is 6. The fraction of sp³-hybridized carbons (Fsp3) is 0.412. The second-order valence-corrected chi connectivity index (χ2v) is 6.57. The third-order valence-electron chi connectivity index (χ3n) is 4.73. The first-order valence-electron chi connectivity index (χ1n) is 8.50. The Labute approximate surface area is 148 Å². The Hall–Kier alpha value is -2.68. The zero-order valence-corrected chi connectivity index (χ0v) is 14.3. The zero-order chi connectivity index (χ0) is 18.3. The number of anilines is 1. The van der Waals surface area contributed by atoms with Crippen molar-refractivity contribution in [2.75, 3.05) is 11.4 Å². The number of hydrogen-bond acceptors (Lipinski definition) is 6. The van der Waals surface area contributed by atoms with Gasteiger partial charge in [-0.3, -0.25) is 0 Å². The Balaban J connectivity index is 1.75. The number of aromatic nitrogens is 5. The molecule has 1 saturated heterocycles. The van der Waals surface area contributed by atoms with Crippen LogP contribution in [0.4, 0.5) is 14.6 Å². The fourth-order valence-electron chi connectivity index (χ4n) is 3.28. The van der Waals surface area contributed by atoms with Gasteiger partial charge in [0.15, 0.2) is 5.65 Å². The van der Waals surface area contributed by atoms with Crippen molar-refractivity contribution in [2.45, 2.75) is 38.3 Å². The Kier molecular flexibility index (Phi) is 4.23. The maximum Gasteiger partial charge on any atom is 0.282 e. The molecule has 4 heterocycles. The average Bonchev–Trinajstić information content (AvgIpc) is 3.07. The highest BCUT2D eigenvalue weighted by atomic mass is 19.3. The van der Waals surface area contributed by atoms with Gasteiger partial charge in [0.25, 0.3) is 6.43 Å². The van der Waals surface area contributed by atoms with Crippen molar-refractivity contribution < 1.29 is 8.78 Å². The minimum absolute atomic E-state index is 0.107. The Morgan fingerprint density at radius 3 is 2.85 bits per heavy atom. The van der Waals surface area contributed by atoms with E-state index < -0.39 is 6.43 Å². The van der Waals surface area contributed by atoms with Crippen LogP contribution in [-0.4, -0.2) is 43.2 Å². The molecule has 9 heteroatoms. The molecule has 2 N–H and O–H groups in total. The summed E-state index contributed by atoms with van der Waals surface area (Å²) in [6.07, 6.45) is 2.38. The summed E-state index contributed by atoms with van der Waals surface area (Å²) < 4.78 is 27.4. The Morgan fingerprint density at radius 2 is 2.04 bits per heavy atom. The number of halogens is 2. The molecular formula is C17H19F2N7. The van der Waals surface area contributed by atoms with Crippen molar-refractivity contribution in [1.29, 1.82) is 0 Å². The first kappa shape index (κ1) is 16.8. The van der Waals surface area contributed by atoms with E-state index in [-0.39, 0.29) is 11.7 Å². The SMILES string of the molecule is CC1CCC(N)CN1c1cc(-c2cnc3ccc(C(F)F)nn23)ncn1. The standard InChI is InChI=1S/C17H19F2N7/c1-10-2-3-11(20)8-25(10)16-6-13(22-9-23-16)14-7-21-15-5-4-12(17(18)19)24-26(14)15/h4-7,9-11,17H,2-3,8,20H2,1H3. The quantitative estimate of drug-likeness (QED) is 0.773. The maximum atomic E-state index is 13.0. The van der Waals surface area contributed by atoms with E-state index in [9.17, 15) is 8.78 Å². The summed E-state index contributed by atoms with van der Waals surface area (Å²) in [5, 5.41) is 3.99. The lowest BCUT2D eigenvalue weighted by Crippen LogP contribution is -2.48. The zero-order valence-electron chi connectivity index (χ0n) is 14.3. The van der Waals surface area contributed by atoms with E-state index in [4.69, 9.17) is 5.73 Å². The summed E-state index contributed by atoms with van der Waals surface area (Å²) >= 11 is 0. The molecule has 1 fully saturated rings.